The molecule has 1 N–H and O–H groups in total. The Morgan fingerprint density at radius 2 is 1.93 bits per heavy atom. The number of aromatic nitrogens is 1. The standard InChI is InChI=1S/C21H20ClFN2O2/c1-26-20-9-2-6-16(13-25-12-15-5-4-10-24-11-15)21(20)27-14-17-18(22)7-3-8-19(17)23/h2-11,25H,12-14H2,1H3. The zero-order valence-corrected chi connectivity index (χ0v) is 15.7. The van der Waals surface area contributed by atoms with E-state index in [1.165, 1.54) is 6.07 Å². The fourth-order valence-corrected chi connectivity index (χ4v) is 2.90. The Labute approximate surface area is 162 Å². The SMILES string of the molecule is COc1cccc(CNCc2cccnc2)c1OCc1c(F)cccc1Cl. The molecule has 0 amide bonds. The van der Waals surface area contributed by atoms with Crippen LogP contribution in [0.15, 0.2) is 60.9 Å². The number of nitrogens with one attached hydrogen (secondary N) is 1. The molecule has 0 aliphatic heterocycles. The summed E-state index contributed by atoms with van der Waals surface area (Å²) >= 11 is 6.09. The van der Waals surface area contributed by atoms with Crippen LogP contribution in [-0.4, -0.2) is 12.1 Å². The number of ether oxygens (including phenoxy) is 2. The molecule has 0 spiro atoms. The Hall–Kier alpha value is -2.63. The fraction of sp³-hybridized carbons (Fsp3) is 0.190. The third-order valence-corrected chi connectivity index (χ3v) is 4.42. The molecule has 1 heterocycles. The van der Waals surface area contributed by atoms with Gasteiger partial charge in [-0.3, -0.25) is 4.98 Å². The van der Waals surface area contributed by atoms with Crippen LogP contribution >= 0.6 is 11.6 Å². The van der Waals surface area contributed by atoms with Crippen molar-refractivity contribution < 1.29 is 13.9 Å². The van der Waals surface area contributed by atoms with Crippen LogP contribution in [0.5, 0.6) is 11.5 Å². The van der Waals surface area contributed by atoms with Gasteiger partial charge in [-0.25, -0.2) is 4.39 Å². The van der Waals surface area contributed by atoms with Crippen molar-refractivity contribution in [1.29, 1.82) is 0 Å². The number of para-hydroxylation sites is 1. The Kier molecular flexibility index (Phi) is 6.63. The highest BCUT2D eigenvalue weighted by Gasteiger charge is 2.13. The van der Waals surface area contributed by atoms with Gasteiger partial charge < -0.3 is 14.8 Å². The molecule has 4 nitrogen and oxygen atoms in total. The predicted octanol–water partition coefficient (Wildman–Crippen LogP) is 4.75. The van der Waals surface area contributed by atoms with E-state index in [2.05, 4.69) is 10.3 Å². The van der Waals surface area contributed by atoms with E-state index in [0.717, 1.165) is 11.1 Å². The fourth-order valence-electron chi connectivity index (χ4n) is 2.68. The van der Waals surface area contributed by atoms with Crippen LogP contribution in [0.3, 0.4) is 0 Å². The lowest BCUT2D eigenvalue weighted by Crippen LogP contribution is -2.14. The van der Waals surface area contributed by atoms with Gasteiger partial charge >= 0.3 is 0 Å². The molecule has 0 saturated carbocycles. The molecule has 0 atom stereocenters. The van der Waals surface area contributed by atoms with E-state index in [1.54, 1.807) is 25.4 Å². The first-order chi connectivity index (χ1) is 13.2. The van der Waals surface area contributed by atoms with Crippen LogP contribution in [0.1, 0.15) is 16.7 Å². The number of nitrogens with zero attached hydrogens (tertiary/aromatic N) is 1. The van der Waals surface area contributed by atoms with Crippen molar-refractivity contribution in [3.8, 4) is 11.5 Å². The monoisotopic (exact) mass is 386 g/mol. The normalized spacial score (nSPS) is 10.6. The first-order valence-corrected chi connectivity index (χ1v) is 8.88. The molecule has 0 saturated heterocycles. The summed E-state index contributed by atoms with van der Waals surface area (Å²) in [4.78, 5) is 4.10. The molecular formula is C21H20ClFN2O2. The molecule has 0 bridgehead atoms. The topological polar surface area (TPSA) is 43.4 Å². The van der Waals surface area contributed by atoms with Crippen LogP contribution in [0, 0.1) is 5.82 Å². The van der Waals surface area contributed by atoms with Crippen LogP contribution < -0.4 is 14.8 Å². The maximum absolute atomic E-state index is 14.0. The second-order valence-corrected chi connectivity index (χ2v) is 6.31. The lowest BCUT2D eigenvalue weighted by Gasteiger charge is -2.16. The number of halogens is 2. The van der Waals surface area contributed by atoms with E-state index in [0.29, 0.717) is 35.2 Å². The first kappa shape index (κ1) is 19.1. The van der Waals surface area contributed by atoms with Crippen molar-refractivity contribution in [2.24, 2.45) is 0 Å². The van der Waals surface area contributed by atoms with Gasteiger partial charge in [0.15, 0.2) is 11.5 Å². The van der Waals surface area contributed by atoms with E-state index < -0.39 is 5.82 Å². The molecule has 0 aliphatic rings. The molecule has 3 aromatic rings. The minimum absolute atomic E-state index is 0.0154. The van der Waals surface area contributed by atoms with Crippen LogP contribution in [0.25, 0.3) is 0 Å². The van der Waals surface area contributed by atoms with Crippen molar-refractivity contribution in [2.75, 3.05) is 7.11 Å². The van der Waals surface area contributed by atoms with Crippen LogP contribution in [0.2, 0.25) is 5.02 Å². The Bertz CT molecular complexity index is 870. The quantitative estimate of drug-likeness (QED) is 0.606. The summed E-state index contributed by atoms with van der Waals surface area (Å²) < 4.78 is 25.3. The lowest BCUT2D eigenvalue weighted by molar-refractivity contribution is 0.276. The van der Waals surface area contributed by atoms with E-state index >= 15 is 0 Å². The predicted molar refractivity (Wildman–Crippen MR) is 104 cm³/mol. The Morgan fingerprint density at radius 1 is 1.07 bits per heavy atom. The van der Waals surface area contributed by atoms with Crippen molar-refractivity contribution in [1.82, 2.24) is 10.3 Å². The zero-order chi connectivity index (χ0) is 19.1. The Balaban J connectivity index is 1.73. The summed E-state index contributed by atoms with van der Waals surface area (Å²) in [5, 5.41) is 3.69. The maximum Gasteiger partial charge on any atom is 0.166 e. The highest BCUT2D eigenvalue weighted by molar-refractivity contribution is 6.31. The highest BCUT2D eigenvalue weighted by atomic mass is 35.5. The average molecular weight is 387 g/mol. The van der Waals surface area contributed by atoms with Gasteiger partial charge in [-0.05, 0) is 29.8 Å². The molecule has 1 aromatic heterocycles. The largest absolute Gasteiger partial charge is 0.493 e. The molecule has 2 aromatic carbocycles. The molecule has 0 fully saturated rings. The van der Waals surface area contributed by atoms with Crippen LogP contribution in [-0.2, 0) is 19.7 Å². The van der Waals surface area contributed by atoms with Gasteiger partial charge in [-0.15, -0.1) is 0 Å². The number of rotatable bonds is 8. The summed E-state index contributed by atoms with van der Waals surface area (Å²) in [6.45, 7) is 1.25. The number of hydrogen-bond donors (Lipinski definition) is 1. The number of pyridine rings is 1. The molecule has 6 heteroatoms. The first-order valence-electron chi connectivity index (χ1n) is 8.50. The molecule has 140 valence electrons. The van der Waals surface area contributed by atoms with E-state index in [1.807, 2.05) is 36.5 Å². The van der Waals surface area contributed by atoms with E-state index in [-0.39, 0.29) is 6.61 Å². The third-order valence-electron chi connectivity index (χ3n) is 4.07. The maximum atomic E-state index is 14.0. The molecule has 0 unspecified atom stereocenters. The summed E-state index contributed by atoms with van der Waals surface area (Å²) in [7, 11) is 1.57. The van der Waals surface area contributed by atoms with Crippen molar-refractivity contribution in [3.63, 3.8) is 0 Å². The minimum Gasteiger partial charge on any atom is -0.493 e. The zero-order valence-electron chi connectivity index (χ0n) is 14.9. The summed E-state index contributed by atoms with van der Waals surface area (Å²) in [6, 6.07) is 14.1. The molecule has 3 rings (SSSR count). The second-order valence-electron chi connectivity index (χ2n) is 5.90. The van der Waals surface area contributed by atoms with Gasteiger partial charge in [0.25, 0.3) is 0 Å². The van der Waals surface area contributed by atoms with Gasteiger partial charge in [-0.2, -0.15) is 0 Å². The minimum atomic E-state index is -0.395. The van der Waals surface area contributed by atoms with Gasteiger partial charge in [-0.1, -0.05) is 35.9 Å². The van der Waals surface area contributed by atoms with Gasteiger partial charge in [0.1, 0.15) is 12.4 Å². The Morgan fingerprint density at radius 3 is 2.67 bits per heavy atom. The number of hydrogen-bond acceptors (Lipinski definition) is 4. The highest BCUT2D eigenvalue weighted by Crippen LogP contribution is 2.32. The summed E-state index contributed by atoms with van der Waals surface area (Å²) in [5.74, 6) is 0.759. The smallest absolute Gasteiger partial charge is 0.166 e. The lowest BCUT2D eigenvalue weighted by atomic mass is 10.1. The summed E-state index contributed by atoms with van der Waals surface area (Å²) in [6.07, 6.45) is 3.56. The van der Waals surface area contributed by atoms with Gasteiger partial charge in [0.05, 0.1) is 12.1 Å². The van der Waals surface area contributed by atoms with Crippen molar-refractivity contribution >= 4 is 11.6 Å². The molecule has 0 aliphatic carbocycles. The summed E-state index contributed by atoms with van der Waals surface area (Å²) in [5.41, 5.74) is 2.31. The second kappa shape index (κ2) is 9.35. The third kappa shape index (κ3) is 4.96. The van der Waals surface area contributed by atoms with Crippen molar-refractivity contribution in [3.05, 3.63) is 88.5 Å². The van der Waals surface area contributed by atoms with E-state index in [9.17, 15) is 4.39 Å². The van der Waals surface area contributed by atoms with Gasteiger partial charge in [0, 0.05) is 36.6 Å². The molecule has 27 heavy (non-hydrogen) atoms. The molecular weight excluding hydrogens is 367 g/mol. The number of benzene rings is 2. The average Bonchev–Trinajstić information content (AvgIpc) is 2.69. The number of methoxy groups -OCH3 is 1. The van der Waals surface area contributed by atoms with E-state index in [4.69, 9.17) is 21.1 Å². The van der Waals surface area contributed by atoms with Crippen LogP contribution in [0.4, 0.5) is 4.39 Å². The van der Waals surface area contributed by atoms with Crippen molar-refractivity contribution in [2.45, 2.75) is 19.7 Å². The molecule has 0 radical (unpaired) electrons. The van der Waals surface area contributed by atoms with Gasteiger partial charge in [0.2, 0.25) is 0 Å².